The summed E-state index contributed by atoms with van der Waals surface area (Å²) in [6.45, 7) is 4.68. The van der Waals surface area contributed by atoms with Crippen LogP contribution < -0.4 is 5.32 Å². The Hall–Kier alpha value is -2.58. The normalized spacial score (nSPS) is 14.4. The highest BCUT2D eigenvalue weighted by molar-refractivity contribution is 7.47. The van der Waals surface area contributed by atoms with Crippen molar-refractivity contribution in [3.05, 3.63) is 97.2 Å². The van der Waals surface area contributed by atoms with E-state index in [4.69, 9.17) is 9.05 Å². The van der Waals surface area contributed by atoms with Crippen LogP contribution in [-0.4, -0.2) is 73.4 Å². The molecule has 0 saturated heterocycles. The topological polar surface area (TPSA) is 105 Å². The Kier molecular flexibility index (Phi) is 56.1. The van der Waals surface area contributed by atoms with Gasteiger partial charge in [-0.2, -0.15) is 0 Å². The first-order chi connectivity index (χ1) is 37.5. The van der Waals surface area contributed by atoms with E-state index in [1.807, 2.05) is 27.2 Å². The van der Waals surface area contributed by atoms with E-state index in [0.717, 1.165) is 89.9 Å². The Morgan fingerprint density at radius 3 is 1.19 bits per heavy atom. The van der Waals surface area contributed by atoms with Crippen LogP contribution in [0.2, 0.25) is 0 Å². The predicted molar refractivity (Wildman–Crippen MR) is 336 cm³/mol. The first kappa shape index (κ1) is 74.4. The number of carbonyl (C=O) groups is 1. The molecule has 0 aromatic rings. The number of nitrogens with zero attached hydrogens (tertiary/aromatic N) is 1. The van der Waals surface area contributed by atoms with Gasteiger partial charge in [0.05, 0.1) is 39.9 Å². The van der Waals surface area contributed by atoms with Gasteiger partial charge in [0.2, 0.25) is 5.91 Å². The van der Waals surface area contributed by atoms with Crippen LogP contribution in [0.4, 0.5) is 0 Å². The predicted octanol–water partition coefficient (Wildman–Crippen LogP) is 20.2. The van der Waals surface area contributed by atoms with Gasteiger partial charge in [-0.05, 0) is 89.9 Å². The molecule has 3 unspecified atom stereocenters. The second-order valence-electron chi connectivity index (χ2n) is 22.7. The third-order valence-corrected chi connectivity index (χ3v) is 15.0. The second-order valence-corrected chi connectivity index (χ2v) is 24.2. The zero-order chi connectivity index (χ0) is 56.3. The van der Waals surface area contributed by atoms with Crippen molar-refractivity contribution >= 4 is 13.7 Å². The summed E-state index contributed by atoms with van der Waals surface area (Å²) in [5.74, 6) is -0.204. The number of unbranched alkanes of at least 4 members (excludes halogenated alkanes) is 31. The van der Waals surface area contributed by atoms with Crippen molar-refractivity contribution < 1.29 is 32.9 Å². The van der Waals surface area contributed by atoms with E-state index < -0.39 is 20.0 Å². The van der Waals surface area contributed by atoms with Crippen molar-refractivity contribution in [2.45, 2.75) is 289 Å². The van der Waals surface area contributed by atoms with E-state index in [1.54, 1.807) is 6.08 Å². The van der Waals surface area contributed by atoms with Crippen molar-refractivity contribution in [2.24, 2.45) is 0 Å². The van der Waals surface area contributed by atoms with Crippen LogP contribution in [-0.2, 0) is 18.4 Å². The number of phosphoric ester groups is 1. The molecule has 77 heavy (non-hydrogen) atoms. The van der Waals surface area contributed by atoms with Gasteiger partial charge in [-0.15, -0.1) is 0 Å². The summed E-state index contributed by atoms with van der Waals surface area (Å²) in [5.41, 5.74) is 0. The van der Waals surface area contributed by atoms with E-state index in [2.05, 4.69) is 104 Å². The minimum Gasteiger partial charge on any atom is -0.387 e. The molecule has 0 fully saturated rings. The van der Waals surface area contributed by atoms with Crippen molar-refractivity contribution in [1.82, 2.24) is 5.32 Å². The van der Waals surface area contributed by atoms with Crippen LogP contribution in [0.25, 0.3) is 0 Å². The van der Waals surface area contributed by atoms with Gasteiger partial charge in [-0.1, -0.05) is 278 Å². The van der Waals surface area contributed by atoms with Gasteiger partial charge in [0.1, 0.15) is 13.2 Å². The van der Waals surface area contributed by atoms with Crippen molar-refractivity contribution in [2.75, 3.05) is 40.9 Å². The number of amides is 1. The van der Waals surface area contributed by atoms with Gasteiger partial charge in [0.15, 0.2) is 0 Å². The molecule has 0 heterocycles. The molecule has 0 bridgehead atoms. The number of quaternary nitrogens is 1. The number of hydrogen-bond acceptors (Lipinski definition) is 5. The molecule has 1 amide bonds. The van der Waals surface area contributed by atoms with Gasteiger partial charge < -0.3 is 19.8 Å². The van der Waals surface area contributed by atoms with E-state index in [9.17, 15) is 19.4 Å². The van der Waals surface area contributed by atoms with Crippen molar-refractivity contribution in [3.63, 3.8) is 0 Å². The van der Waals surface area contributed by atoms with Crippen LogP contribution in [0.1, 0.15) is 277 Å². The van der Waals surface area contributed by atoms with Gasteiger partial charge >= 0.3 is 7.82 Å². The standard InChI is InChI=1S/C68H123N2O6P/c1-6-8-10-12-14-16-18-20-22-24-26-28-30-31-32-33-34-35-36-37-38-40-41-43-45-47-49-51-53-55-57-59-61-67(71)66(65-76-77(73,74)75-64-63-70(3,4)5)69-68(72)62-60-58-56-54-52-50-48-46-44-42-39-29-27-25-23-21-19-17-15-13-11-9-7-2/h9,11,15,17,21,23,27,29,42-45,51,53,59,61,66-67,71H,6-8,10,12-14,16,18-20,22,24-26,28,30-41,46-50,52,54-58,60,62-65H2,1-5H3,(H-,69,72,73,74)/p+1/b11-9-,17-15-,23-21-,29-27-,44-42-,45-43+,53-51+,61-59+. The fourth-order valence-electron chi connectivity index (χ4n) is 9.04. The van der Waals surface area contributed by atoms with E-state index in [0.29, 0.717) is 17.4 Å². The second kappa shape index (κ2) is 58.1. The van der Waals surface area contributed by atoms with Gasteiger partial charge in [0.25, 0.3) is 0 Å². The Morgan fingerprint density at radius 1 is 0.455 bits per heavy atom. The summed E-state index contributed by atoms with van der Waals surface area (Å²) < 4.78 is 23.7. The summed E-state index contributed by atoms with van der Waals surface area (Å²) in [7, 11) is 1.53. The molecule has 0 saturated carbocycles. The number of allylic oxidation sites excluding steroid dienone is 15. The fraction of sp³-hybridized carbons (Fsp3) is 0.750. The molecule has 0 spiro atoms. The highest BCUT2D eigenvalue weighted by Gasteiger charge is 2.27. The molecule has 3 atom stereocenters. The highest BCUT2D eigenvalue weighted by atomic mass is 31.2. The first-order valence-electron chi connectivity index (χ1n) is 32.1. The Bertz CT molecular complexity index is 1570. The smallest absolute Gasteiger partial charge is 0.387 e. The van der Waals surface area contributed by atoms with Gasteiger partial charge in [-0.3, -0.25) is 13.8 Å². The number of hydrogen-bond donors (Lipinski definition) is 3. The number of nitrogens with one attached hydrogen (secondary N) is 1. The quantitative estimate of drug-likeness (QED) is 0.0243. The molecule has 8 nitrogen and oxygen atoms in total. The number of carbonyl (C=O) groups excluding carboxylic acids is 1. The number of rotatable bonds is 58. The van der Waals surface area contributed by atoms with Crippen LogP contribution in [0.5, 0.6) is 0 Å². The Balaban J connectivity index is 4.22. The molecule has 0 aromatic heterocycles. The zero-order valence-electron chi connectivity index (χ0n) is 50.9. The molecule has 0 aliphatic rings. The molecule has 0 aliphatic carbocycles. The average molecular weight is 1100 g/mol. The minimum atomic E-state index is -4.37. The Morgan fingerprint density at radius 2 is 0.792 bits per heavy atom. The van der Waals surface area contributed by atoms with E-state index >= 15 is 0 Å². The number of phosphoric acid groups is 1. The highest BCUT2D eigenvalue weighted by Crippen LogP contribution is 2.43. The summed E-state index contributed by atoms with van der Waals surface area (Å²) in [6.07, 6.45) is 84.0. The summed E-state index contributed by atoms with van der Waals surface area (Å²) >= 11 is 0. The molecule has 0 aromatic carbocycles. The molecule has 3 N–H and O–H groups in total. The minimum absolute atomic E-state index is 0.0462. The first-order valence-corrected chi connectivity index (χ1v) is 33.6. The van der Waals surface area contributed by atoms with Gasteiger partial charge in [-0.25, -0.2) is 4.57 Å². The molecule has 0 radical (unpaired) electrons. The van der Waals surface area contributed by atoms with Crippen LogP contribution in [0.15, 0.2) is 97.2 Å². The van der Waals surface area contributed by atoms with Crippen LogP contribution >= 0.6 is 7.82 Å². The molecular weight excluding hydrogens is 972 g/mol. The molecular formula is C68H124N2O6P+. The SMILES string of the molecule is CC/C=C\C/C=C\C/C=C\C/C=C\C/C=C\CCCCCCCCCC(=O)NC(COP(=O)(O)OCC[N+](C)(C)C)C(O)/C=C/CC/C=C/CC/C=C/CCCCCCCCCCCCCCCCCCCCCCCC. The maximum Gasteiger partial charge on any atom is 0.472 e. The lowest BCUT2D eigenvalue weighted by Gasteiger charge is -2.25. The average Bonchev–Trinajstić information content (AvgIpc) is 3.39. The lowest BCUT2D eigenvalue weighted by atomic mass is 10.0. The summed E-state index contributed by atoms with van der Waals surface area (Å²) in [6, 6.07) is -0.884. The number of aliphatic hydroxyl groups is 1. The lowest BCUT2D eigenvalue weighted by Crippen LogP contribution is -2.45. The Labute approximate surface area is 477 Å². The summed E-state index contributed by atoms with van der Waals surface area (Å²) in [4.78, 5) is 23.3. The third-order valence-electron chi connectivity index (χ3n) is 14.0. The third kappa shape index (κ3) is 60.9. The van der Waals surface area contributed by atoms with E-state index in [-0.39, 0.29) is 19.1 Å². The molecule has 446 valence electrons. The fourth-order valence-corrected chi connectivity index (χ4v) is 9.78. The largest absolute Gasteiger partial charge is 0.472 e. The summed E-state index contributed by atoms with van der Waals surface area (Å²) in [5, 5.41) is 13.9. The maximum absolute atomic E-state index is 13.0. The number of likely N-dealkylation sites (N-methyl/N-ethyl adjacent to an activating group) is 1. The van der Waals surface area contributed by atoms with E-state index in [1.165, 1.54) is 167 Å². The monoisotopic (exact) mass is 1100 g/mol. The maximum atomic E-state index is 13.0. The molecule has 9 heteroatoms. The van der Waals surface area contributed by atoms with Gasteiger partial charge in [0, 0.05) is 6.42 Å². The van der Waals surface area contributed by atoms with Crippen molar-refractivity contribution in [3.8, 4) is 0 Å². The molecule has 0 aliphatic heterocycles. The zero-order valence-corrected chi connectivity index (χ0v) is 51.8. The van der Waals surface area contributed by atoms with Crippen LogP contribution in [0.3, 0.4) is 0 Å². The van der Waals surface area contributed by atoms with Crippen LogP contribution in [0, 0.1) is 0 Å². The van der Waals surface area contributed by atoms with Crippen molar-refractivity contribution in [1.29, 1.82) is 0 Å². The number of aliphatic hydroxyl groups excluding tert-OH is 1. The molecule has 0 rings (SSSR count). The lowest BCUT2D eigenvalue weighted by molar-refractivity contribution is -0.870.